The minimum atomic E-state index is 0.559. The number of nitrogens with two attached hydrogens (primary N) is 2. The highest BCUT2D eigenvalue weighted by Gasteiger charge is 2.03. The molecule has 76 valence electrons. The van der Waals surface area contributed by atoms with Crippen LogP contribution in [-0.2, 0) is 0 Å². The van der Waals surface area contributed by atoms with Crippen molar-refractivity contribution in [2.24, 2.45) is 5.73 Å². The van der Waals surface area contributed by atoms with Gasteiger partial charge in [-0.25, -0.2) is 0 Å². The fourth-order valence-electron chi connectivity index (χ4n) is 1.06. The molecule has 0 saturated heterocycles. The molecule has 0 amide bonds. The largest absolute Gasteiger partial charge is 0.399 e. The highest BCUT2D eigenvalue weighted by molar-refractivity contribution is 6.37. The number of nitrogen functional groups attached to an aromatic ring is 1. The van der Waals surface area contributed by atoms with Gasteiger partial charge in [-0.2, -0.15) is 0 Å². The van der Waals surface area contributed by atoms with E-state index in [9.17, 15) is 0 Å². The van der Waals surface area contributed by atoms with E-state index in [4.69, 9.17) is 34.7 Å². The Labute approximate surface area is 93.5 Å². The van der Waals surface area contributed by atoms with Gasteiger partial charge in [0.1, 0.15) is 0 Å². The van der Waals surface area contributed by atoms with Crippen molar-refractivity contribution in [3.63, 3.8) is 0 Å². The van der Waals surface area contributed by atoms with Crippen molar-refractivity contribution < 1.29 is 0 Å². The van der Waals surface area contributed by atoms with E-state index in [0.717, 1.165) is 12.0 Å². The Morgan fingerprint density at radius 2 is 1.79 bits per heavy atom. The lowest BCUT2D eigenvalue weighted by molar-refractivity contribution is 1.01. The van der Waals surface area contributed by atoms with E-state index in [1.54, 1.807) is 12.1 Å². The normalized spacial score (nSPS) is 11.1. The minimum absolute atomic E-state index is 0.559. The molecular formula is C10H12Cl2N2. The highest BCUT2D eigenvalue weighted by atomic mass is 35.5. The van der Waals surface area contributed by atoms with Crippen molar-refractivity contribution in [3.05, 3.63) is 33.8 Å². The zero-order valence-electron chi connectivity index (χ0n) is 7.63. The summed E-state index contributed by atoms with van der Waals surface area (Å²) in [5.41, 5.74) is 12.3. The third-order valence-corrected chi connectivity index (χ3v) is 2.34. The molecule has 0 saturated carbocycles. The first-order valence-corrected chi connectivity index (χ1v) is 5.02. The maximum Gasteiger partial charge on any atom is 0.0513 e. The highest BCUT2D eigenvalue weighted by Crippen LogP contribution is 2.28. The summed E-state index contributed by atoms with van der Waals surface area (Å²) in [6.45, 7) is 0.612. The fourth-order valence-corrected chi connectivity index (χ4v) is 1.69. The Bertz CT molecular complexity index is 325. The summed E-state index contributed by atoms with van der Waals surface area (Å²) < 4.78 is 0. The Balaban J connectivity index is 2.96. The van der Waals surface area contributed by atoms with E-state index in [1.807, 2.05) is 12.2 Å². The quantitative estimate of drug-likeness (QED) is 0.785. The maximum absolute atomic E-state index is 5.97. The van der Waals surface area contributed by atoms with Crippen LogP contribution in [-0.4, -0.2) is 6.54 Å². The number of anilines is 1. The molecule has 0 atom stereocenters. The molecule has 0 unspecified atom stereocenters. The Morgan fingerprint density at radius 1 is 1.21 bits per heavy atom. The van der Waals surface area contributed by atoms with Crippen molar-refractivity contribution in [2.75, 3.05) is 12.3 Å². The molecule has 0 aliphatic heterocycles. The molecule has 0 fully saturated rings. The molecule has 1 rings (SSSR count). The molecule has 4 N–H and O–H groups in total. The van der Waals surface area contributed by atoms with Crippen LogP contribution >= 0.6 is 23.2 Å². The molecule has 14 heavy (non-hydrogen) atoms. The molecule has 0 bridgehead atoms. The number of benzene rings is 1. The van der Waals surface area contributed by atoms with E-state index in [2.05, 4.69) is 0 Å². The number of hydrogen-bond donors (Lipinski definition) is 2. The first-order chi connectivity index (χ1) is 6.65. The van der Waals surface area contributed by atoms with E-state index in [-0.39, 0.29) is 0 Å². The summed E-state index contributed by atoms with van der Waals surface area (Å²) in [6, 6.07) is 3.35. The molecule has 4 heteroatoms. The number of hydrogen-bond acceptors (Lipinski definition) is 2. The third kappa shape index (κ3) is 2.91. The van der Waals surface area contributed by atoms with Crippen LogP contribution < -0.4 is 11.5 Å². The first kappa shape index (κ1) is 11.4. The maximum atomic E-state index is 5.97. The molecule has 0 heterocycles. The van der Waals surface area contributed by atoms with Gasteiger partial charge in [0.25, 0.3) is 0 Å². The van der Waals surface area contributed by atoms with Gasteiger partial charge >= 0.3 is 0 Å². The second kappa shape index (κ2) is 5.25. The average molecular weight is 231 g/mol. The first-order valence-electron chi connectivity index (χ1n) is 4.26. The summed E-state index contributed by atoms with van der Waals surface area (Å²) in [7, 11) is 0. The predicted molar refractivity (Wildman–Crippen MR) is 63.6 cm³/mol. The van der Waals surface area contributed by atoms with E-state index in [0.29, 0.717) is 22.3 Å². The van der Waals surface area contributed by atoms with Crippen LogP contribution in [0.3, 0.4) is 0 Å². The van der Waals surface area contributed by atoms with Crippen molar-refractivity contribution in [1.29, 1.82) is 0 Å². The van der Waals surface area contributed by atoms with E-state index < -0.39 is 0 Å². The van der Waals surface area contributed by atoms with Crippen molar-refractivity contribution in [3.8, 4) is 0 Å². The van der Waals surface area contributed by atoms with Crippen LogP contribution in [0, 0.1) is 0 Å². The third-order valence-electron chi connectivity index (χ3n) is 1.72. The van der Waals surface area contributed by atoms with Gasteiger partial charge in [0, 0.05) is 11.3 Å². The van der Waals surface area contributed by atoms with Gasteiger partial charge in [0.2, 0.25) is 0 Å². The molecule has 0 aliphatic carbocycles. The van der Waals surface area contributed by atoms with Crippen molar-refractivity contribution >= 4 is 35.0 Å². The average Bonchev–Trinajstić information content (AvgIpc) is 2.09. The lowest BCUT2D eigenvalue weighted by Gasteiger charge is -2.03. The predicted octanol–water partition coefficient (Wildman–Crippen LogP) is 2.94. The standard InChI is InChI=1S/C10H12Cl2N2/c11-9-5-7(14)6-10(12)8(9)3-1-2-4-13/h1,3,5-6H,2,4,13-14H2. The van der Waals surface area contributed by atoms with Crippen LogP contribution in [0.5, 0.6) is 0 Å². The summed E-state index contributed by atoms with van der Waals surface area (Å²) >= 11 is 11.9. The zero-order valence-corrected chi connectivity index (χ0v) is 9.15. The van der Waals surface area contributed by atoms with Gasteiger partial charge in [-0.15, -0.1) is 0 Å². The van der Waals surface area contributed by atoms with Gasteiger partial charge in [-0.1, -0.05) is 35.4 Å². The van der Waals surface area contributed by atoms with Crippen LogP contribution in [0.2, 0.25) is 10.0 Å². The molecule has 2 nitrogen and oxygen atoms in total. The van der Waals surface area contributed by atoms with E-state index in [1.165, 1.54) is 0 Å². The Morgan fingerprint density at radius 3 is 2.29 bits per heavy atom. The lowest BCUT2D eigenvalue weighted by atomic mass is 10.2. The summed E-state index contributed by atoms with van der Waals surface area (Å²) in [5, 5.41) is 1.12. The van der Waals surface area contributed by atoms with Gasteiger partial charge in [0.15, 0.2) is 0 Å². The monoisotopic (exact) mass is 230 g/mol. The van der Waals surface area contributed by atoms with Crippen LogP contribution in [0.1, 0.15) is 12.0 Å². The van der Waals surface area contributed by atoms with Crippen molar-refractivity contribution in [1.82, 2.24) is 0 Å². The fraction of sp³-hybridized carbons (Fsp3) is 0.200. The summed E-state index contributed by atoms with van der Waals surface area (Å²) in [6.07, 6.45) is 4.59. The topological polar surface area (TPSA) is 52.0 Å². The molecule has 0 spiro atoms. The van der Waals surface area contributed by atoms with Crippen LogP contribution in [0.25, 0.3) is 6.08 Å². The smallest absolute Gasteiger partial charge is 0.0513 e. The lowest BCUT2D eigenvalue weighted by Crippen LogP contribution is -1.95. The Kier molecular flexibility index (Phi) is 4.26. The summed E-state index contributed by atoms with van der Waals surface area (Å²) in [5.74, 6) is 0. The van der Waals surface area contributed by atoms with Crippen molar-refractivity contribution in [2.45, 2.75) is 6.42 Å². The number of rotatable bonds is 3. The molecular weight excluding hydrogens is 219 g/mol. The summed E-state index contributed by atoms with van der Waals surface area (Å²) in [4.78, 5) is 0. The minimum Gasteiger partial charge on any atom is -0.399 e. The molecule has 0 aromatic heterocycles. The van der Waals surface area contributed by atoms with E-state index >= 15 is 0 Å². The second-order valence-corrected chi connectivity index (χ2v) is 3.69. The van der Waals surface area contributed by atoms with Crippen LogP contribution in [0.4, 0.5) is 5.69 Å². The van der Waals surface area contributed by atoms with Gasteiger partial charge in [-0.05, 0) is 25.1 Å². The zero-order chi connectivity index (χ0) is 10.6. The van der Waals surface area contributed by atoms with Gasteiger partial charge in [0.05, 0.1) is 10.0 Å². The molecule has 1 aromatic carbocycles. The Hall–Kier alpha value is -0.700. The van der Waals surface area contributed by atoms with Gasteiger partial charge < -0.3 is 11.5 Å². The SMILES string of the molecule is NCCC=Cc1c(Cl)cc(N)cc1Cl. The number of halogens is 2. The van der Waals surface area contributed by atoms with Crippen LogP contribution in [0.15, 0.2) is 18.2 Å². The van der Waals surface area contributed by atoms with Gasteiger partial charge in [-0.3, -0.25) is 0 Å². The molecule has 0 radical (unpaired) electrons. The second-order valence-electron chi connectivity index (χ2n) is 2.88. The molecule has 1 aromatic rings. The molecule has 0 aliphatic rings.